The lowest BCUT2D eigenvalue weighted by molar-refractivity contribution is -0.103. The van der Waals surface area contributed by atoms with Crippen LogP contribution in [0.5, 0.6) is 0 Å². The fourth-order valence-electron chi connectivity index (χ4n) is 3.80. The van der Waals surface area contributed by atoms with Crippen LogP contribution < -0.4 is 0 Å². The molecule has 0 atom stereocenters. The number of piperidine rings is 1. The van der Waals surface area contributed by atoms with Crippen LogP contribution >= 0.6 is 28.3 Å². The summed E-state index contributed by atoms with van der Waals surface area (Å²) in [5.74, 6) is 0.383. The molecule has 0 saturated carbocycles. The number of ether oxygens (including phenoxy) is 1. The van der Waals surface area contributed by atoms with Crippen LogP contribution in [-0.4, -0.2) is 54.7 Å². The SMILES string of the molecule is Cc1c(C(=O)N2CCOC23CCN(C)CC3)oc2ccc(Br)cc12.Cl. The summed E-state index contributed by atoms with van der Waals surface area (Å²) in [5.41, 5.74) is 1.18. The van der Waals surface area contributed by atoms with Gasteiger partial charge in [0.05, 0.1) is 6.61 Å². The molecular formula is C18H22BrClN2O3. The van der Waals surface area contributed by atoms with Gasteiger partial charge in [0.15, 0.2) is 5.76 Å². The quantitative estimate of drug-likeness (QED) is 0.691. The Balaban J connectivity index is 0.00000182. The lowest BCUT2D eigenvalue weighted by Crippen LogP contribution is -2.54. The highest BCUT2D eigenvalue weighted by atomic mass is 79.9. The third kappa shape index (κ3) is 3.10. The molecule has 1 aromatic heterocycles. The van der Waals surface area contributed by atoms with Gasteiger partial charge in [-0.15, -0.1) is 12.4 Å². The van der Waals surface area contributed by atoms with Crippen molar-refractivity contribution in [1.29, 1.82) is 0 Å². The molecule has 2 aliphatic heterocycles. The molecule has 4 rings (SSSR count). The minimum atomic E-state index is -0.463. The predicted molar refractivity (Wildman–Crippen MR) is 102 cm³/mol. The summed E-state index contributed by atoms with van der Waals surface area (Å²) >= 11 is 3.48. The molecule has 5 nitrogen and oxygen atoms in total. The molecule has 1 aromatic carbocycles. The van der Waals surface area contributed by atoms with Crippen LogP contribution in [0.15, 0.2) is 27.1 Å². The Bertz CT molecular complexity index is 799. The van der Waals surface area contributed by atoms with Gasteiger partial charge in [-0.3, -0.25) is 4.79 Å². The summed E-state index contributed by atoms with van der Waals surface area (Å²) in [4.78, 5) is 17.4. The molecule has 0 unspecified atom stereocenters. The lowest BCUT2D eigenvalue weighted by atomic mass is 9.98. The molecule has 1 amide bonds. The van der Waals surface area contributed by atoms with E-state index in [-0.39, 0.29) is 18.3 Å². The van der Waals surface area contributed by atoms with Crippen LogP contribution in [0.25, 0.3) is 11.0 Å². The monoisotopic (exact) mass is 428 g/mol. The van der Waals surface area contributed by atoms with Crippen LogP contribution in [0.3, 0.4) is 0 Å². The molecule has 25 heavy (non-hydrogen) atoms. The number of hydrogen-bond acceptors (Lipinski definition) is 4. The summed E-state index contributed by atoms with van der Waals surface area (Å²) < 4.78 is 12.9. The smallest absolute Gasteiger partial charge is 0.292 e. The number of hydrogen-bond donors (Lipinski definition) is 0. The Morgan fingerprint density at radius 3 is 2.68 bits per heavy atom. The van der Waals surface area contributed by atoms with Crippen LogP contribution in [0.1, 0.15) is 29.0 Å². The number of halogens is 2. The number of aryl methyl sites for hydroxylation is 1. The van der Waals surface area contributed by atoms with E-state index in [4.69, 9.17) is 9.15 Å². The van der Waals surface area contributed by atoms with Crippen LogP contribution in [0, 0.1) is 6.92 Å². The molecule has 0 radical (unpaired) electrons. The fourth-order valence-corrected chi connectivity index (χ4v) is 4.16. The van der Waals surface area contributed by atoms with Crippen molar-refractivity contribution in [3.05, 3.63) is 34.0 Å². The number of nitrogens with zero attached hydrogens (tertiary/aromatic N) is 2. The van der Waals surface area contributed by atoms with Gasteiger partial charge in [0.1, 0.15) is 11.3 Å². The van der Waals surface area contributed by atoms with E-state index in [0.717, 1.165) is 46.9 Å². The third-order valence-corrected chi connectivity index (χ3v) is 5.78. The summed E-state index contributed by atoms with van der Waals surface area (Å²) in [6.45, 7) is 5.05. The Morgan fingerprint density at radius 1 is 1.24 bits per heavy atom. The van der Waals surface area contributed by atoms with Crippen molar-refractivity contribution >= 4 is 45.2 Å². The first-order valence-corrected chi connectivity index (χ1v) is 9.13. The van der Waals surface area contributed by atoms with Crippen molar-refractivity contribution in [3.8, 4) is 0 Å². The third-order valence-electron chi connectivity index (χ3n) is 5.28. The highest BCUT2D eigenvalue weighted by Gasteiger charge is 2.47. The van der Waals surface area contributed by atoms with E-state index in [0.29, 0.717) is 18.9 Å². The van der Waals surface area contributed by atoms with Gasteiger partial charge < -0.3 is 19.0 Å². The van der Waals surface area contributed by atoms with Crippen molar-refractivity contribution in [2.24, 2.45) is 0 Å². The Kier molecular flexibility index (Phi) is 5.17. The van der Waals surface area contributed by atoms with E-state index in [1.165, 1.54) is 0 Å². The first-order chi connectivity index (χ1) is 11.5. The zero-order valence-electron chi connectivity index (χ0n) is 14.4. The highest BCUT2D eigenvalue weighted by molar-refractivity contribution is 9.10. The average molecular weight is 430 g/mol. The second kappa shape index (κ2) is 6.91. The van der Waals surface area contributed by atoms with E-state index < -0.39 is 5.72 Å². The Labute approximate surface area is 161 Å². The number of carbonyl (C=O) groups excluding carboxylic acids is 1. The molecule has 0 aliphatic carbocycles. The molecule has 2 fully saturated rings. The molecular weight excluding hydrogens is 408 g/mol. The molecule has 2 aliphatic rings. The second-order valence-corrected chi connectivity index (χ2v) is 7.67. The van der Waals surface area contributed by atoms with E-state index in [2.05, 4.69) is 27.9 Å². The second-order valence-electron chi connectivity index (χ2n) is 6.75. The predicted octanol–water partition coefficient (Wildman–Crippen LogP) is 3.82. The first kappa shape index (κ1) is 18.7. The molecule has 0 N–H and O–H groups in total. The number of carbonyl (C=O) groups is 1. The minimum absolute atomic E-state index is 0. The first-order valence-electron chi connectivity index (χ1n) is 8.33. The molecule has 1 spiro atoms. The van der Waals surface area contributed by atoms with Crippen molar-refractivity contribution < 1.29 is 13.9 Å². The summed E-state index contributed by atoms with van der Waals surface area (Å²) in [6.07, 6.45) is 1.69. The number of benzene rings is 1. The van der Waals surface area contributed by atoms with Crippen molar-refractivity contribution in [3.63, 3.8) is 0 Å². The maximum atomic E-state index is 13.2. The van der Waals surface area contributed by atoms with Gasteiger partial charge in [0, 0.05) is 47.9 Å². The standard InChI is InChI=1S/C18H21BrN2O3.ClH/c1-12-14-11-13(19)3-4-15(14)24-16(12)17(22)21-9-10-23-18(21)5-7-20(2)8-6-18;/h3-4,11H,5-10H2,1-2H3;1H. The highest BCUT2D eigenvalue weighted by Crippen LogP contribution is 2.37. The molecule has 2 saturated heterocycles. The number of fused-ring (bicyclic) bond motifs is 1. The van der Waals surface area contributed by atoms with Crippen LogP contribution in [-0.2, 0) is 4.74 Å². The maximum absolute atomic E-state index is 13.2. The van der Waals surface area contributed by atoms with Crippen molar-refractivity contribution in [2.75, 3.05) is 33.3 Å². The fraction of sp³-hybridized carbons (Fsp3) is 0.500. The van der Waals surface area contributed by atoms with Gasteiger partial charge in [-0.2, -0.15) is 0 Å². The molecule has 0 bridgehead atoms. The van der Waals surface area contributed by atoms with E-state index in [1.54, 1.807) is 0 Å². The van der Waals surface area contributed by atoms with Crippen molar-refractivity contribution in [1.82, 2.24) is 9.80 Å². The lowest BCUT2D eigenvalue weighted by Gasteiger charge is -2.42. The zero-order chi connectivity index (χ0) is 16.9. The molecule has 136 valence electrons. The van der Waals surface area contributed by atoms with Gasteiger partial charge in [0.2, 0.25) is 0 Å². The minimum Gasteiger partial charge on any atom is -0.451 e. The molecule has 7 heteroatoms. The van der Waals surface area contributed by atoms with Gasteiger partial charge in [-0.05, 0) is 32.2 Å². The number of amides is 1. The van der Waals surface area contributed by atoms with E-state index in [9.17, 15) is 4.79 Å². The largest absolute Gasteiger partial charge is 0.451 e. The molecule has 3 heterocycles. The summed E-state index contributed by atoms with van der Waals surface area (Å²) in [5, 5.41) is 0.977. The zero-order valence-corrected chi connectivity index (χ0v) is 16.8. The van der Waals surface area contributed by atoms with E-state index in [1.807, 2.05) is 30.0 Å². The van der Waals surface area contributed by atoms with Crippen molar-refractivity contribution in [2.45, 2.75) is 25.5 Å². The number of likely N-dealkylation sites (tertiary alicyclic amines) is 1. The van der Waals surface area contributed by atoms with E-state index >= 15 is 0 Å². The van der Waals surface area contributed by atoms with Crippen LogP contribution in [0.2, 0.25) is 0 Å². The normalized spacial score (nSPS) is 20.2. The number of furan rings is 1. The van der Waals surface area contributed by atoms with Crippen LogP contribution in [0.4, 0.5) is 0 Å². The maximum Gasteiger partial charge on any atom is 0.292 e. The number of rotatable bonds is 1. The summed E-state index contributed by atoms with van der Waals surface area (Å²) in [6, 6.07) is 5.82. The Morgan fingerprint density at radius 2 is 1.96 bits per heavy atom. The van der Waals surface area contributed by atoms with Gasteiger partial charge in [-0.1, -0.05) is 15.9 Å². The van der Waals surface area contributed by atoms with Gasteiger partial charge in [0.25, 0.3) is 5.91 Å². The Hall–Kier alpha value is -1.08. The van der Waals surface area contributed by atoms with Gasteiger partial charge in [-0.25, -0.2) is 0 Å². The average Bonchev–Trinajstić information content (AvgIpc) is 3.12. The van der Waals surface area contributed by atoms with Gasteiger partial charge >= 0.3 is 0 Å². The summed E-state index contributed by atoms with van der Waals surface area (Å²) in [7, 11) is 2.11. The molecule has 2 aromatic rings. The topological polar surface area (TPSA) is 45.9 Å².